The third-order valence-corrected chi connectivity index (χ3v) is 4.76. The molecule has 0 saturated carbocycles. The number of rotatable bonds is 7. The molecule has 1 aromatic carbocycles. The van der Waals surface area contributed by atoms with Crippen LogP contribution < -0.4 is 15.2 Å². The summed E-state index contributed by atoms with van der Waals surface area (Å²) in [5.74, 6) is -0.453. The molecule has 8 heteroatoms. The van der Waals surface area contributed by atoms with E-state index in [1.807, 2.05) is 13.8 Å². The van der Waals surface area contributed by atoms with Crippen LogP contribution in [-0.4, -0.2) is 27.6 Å². The topological polar surface area (TPSA) is 81.4 Å². The van der Waals surface area contributed by atoms with Crippen LogP contribution in [0.1, 0.15) is 27.2 Å². The van der Waals surface area contributed by atoms with E-state index in [0.29, 0.717) is 6.42 Å². The highest BCUT2D eigenvalue weighted by molar-refractivity contribution is 7.89. The summed E-state index contributed by atoms with van der Waals surface area (Å²) in [6.45, 7) is 5.86. The van der Waals surface area contributed by atoms with Crippen molar-refractivity contribution in [2.45, 2.75) is 37.6 Å². The Hall–Kier alpha value is -0.890. The lowest BCUT2D eigenvalue weighted by Gasteiger charge is -2.30. The molecule has 0 aliphatic rings. The summed E-state index contributed by atoms with van der Waals surface area (Å²) in [7, 11) is -2.53. The van der Waals surface area contributed by atoms with Gasteiger partial charge in [0.05, 0.1) is 12.0 Å². The fourth-order valence-electron chi connectivity index (χ4n) is 2.27. The van der Waals surface area contributed by atoms with E-state index in [1.54, 1.807) is 6.92 Å². The van der Waals surface area contributed by atoms with Gasteiger partial charge in [-0.3, -0.25) is 0 Å². The number of nitrogens with two attached hydrogens (primary N) is 1. The van der Waals surface area contributed by atoms with Crippen molar-refractivity contribution in [1.29, 1.82) is 0 Å². The minimum atomic E-state index is -3.85. The van der Waals surface area contributed by atoms with Crippen LogP contribution in [0, 0.1) is 11.7 Å². The van der Waals surface area contributed by atoms with Crippen molar-refractivity contribution in [2.24, 2.45) is 11.7 Å². The summed E-state index contributed by atoms with van der Waals surface area (Å²) in [5, 5.41) is 0. The monoisotopic (exact) mass is 354 g/mol. The molecule has 0 aromatic heterocycles. The standard InChI is InChI=1S/C14H23FN2O3S.ClH/c1-10(2)8-14(3,9-16)17-21(18,19)11-5-6-13(20-4)12(15)7-11;/h5-7,10,17H,8-9,16H2,1-4H3;1H. The van der Waals surface area contributed by atoms with Gasteiger partial charge in [0, 0.05) is 12.1 Å². The highest BCUT2D eigenvalue weighted by Crippen LogP contribution is 2.23. The lowest BCUT2D eigenvalue weighted by atomic mass is 9.92. The number of hydrogen-bond donors (Lipinski definition) is 2. The van der Waals surface area contributed by atoms with Crippen LogP contribution in [0.5, 0.6) is 5.75 Å². The van der Waals surface area contributed by atoms with Crippen LogP contribution in [0.2, 0.25) is 0 Å². The summed E-state index contributed by atoms with van der Waals surface area (Å²) in [4.78, 5) is -0.149. The zero-order valence-corrected chi connectivity index (χ0v) is 14.9. The largest absolute Gasteiger partial charge is 0.494 e. The van der Waals surface area contributed by atoms with Gasteiger partial charge in [0.1, 0.15) is 0 Å². The molecule has 1 atom stereocenters. The summed E-state index contributed by atoms with van der Waals surface area (Å²) in [6, 6.07) is 3.52. The van der Waals surface area contributed by atoms with Gasteiger partial charge < -0.3 is 10.5 Å². The Labute approximate surface area is 137 Å². The van der Waals surface area contributed by atoms with E-state index in [1.165, 1.54) is 19.2 Å². The Morgan fingerprint density at radius 3 is 2.41 bits per heavy atom. The summed E-state index contributed by atoms with van der Waals surface area (Å²) in [6.07, 6.45) is 0.585. The van der Waals surface area contributed by atoms with Gasteiger partial charge in [-0.1, -0.05) is 13.8 Å². The predicted molar refractivity (Wildman–Crippen MR) is 87.4 cm³/mol. The highest BCUT2D eigenvalue weighted by atomic mass is 35.5. The van der Waals surface area contributed by atoms with Gasteiger partial charge in [-0.15, -0.1) is 12.4 Å². The van der Waals surface area contributed by atoms with E-state index in [-0.39, 0.29) is 35.5 Å². The van der Waals surface area contributed by atoms with Crippen molar-refractivity contribution in [1.82, 2.24) is 4.72 Å². The number of methoxy groups -OCH3 is 1. The second kappa shape index (κ2) is 8.10. The molecule has 0 spiro atoms. The van der Waals surface area contributed by atoms with E-state index < -0.39 is 21.4 Å². The third-order valence-electron chi connectivity index (χ3n) is 3.12. The van der Waals surface area contributed by atoms with Crippen molar-refractivity contribution < 1.29 is 17.5 Å². The highest BCUT2D eigenvalue weighted by Gasteiger charge is 2.30. The lowest BCUT2D eigenvalue weighted by molar-refractivity contribution is 0.344. The molecule has 0 aliphatic heterocycles. The first-order valence-corrected chi connectivity index (χ1v) is 8.19. The lowest BCUT2D eigenvalue weighted by Crippen LogP contribution is -2.51. The fraction of sp³-hybridized carbons (Fsp3) is 0.571. The number of nitrogens with one attached hydrogen (secondary N) is 1. The van der Waals surface area contributed by atoms with Crippen LogP contribution in [0.4, 0.5) is 4.39 Å². The number of hydrogen-bond acceptors (Lipinski definition) is 4. The Balaban J connectivity index is 0.00000441. The van der Waals surface area contributed by atoms with Crippen LogP contribution in [0.3, 0.4) is 0 Å². The molecule has 0 bridgehead atoms. The molecule has 0 saturated heterocycles. The zero-order chi connectivity index (χ0) is 16.3. The first kappa shape index (κ1) is 21.1. The summed E-state index contributed by atoms with van der Waals surface area (Å²) < 4.78 is 45.7. The predicted octanol–water partition coefficient (Wildman–Crippen LogP) is 2.30. The molecule has 0 heterocycles. The van der Waals surface area contributed by atoms with E-state index in [2.05, 4.69) is 4.72 Å². The molecule has 1 rings (SSSR count). The quantitative estimate of drug-likeness (QED) is 0.787. The van der Waals surface area contributed by atoms with E-state index in [9.17, 15) is 12.8 Å². The normalized spacial score (nSPS) is 14.3. The molecular formula is C14H24ClFN2O3S. The second-order valence-corrected chi connectivity index (χ2v) is 7.45. The molecule has 3 N–H and O–H groups in total. The molecule has 128 valence electrons. The number of benzene rings is 1. The maximum absolute atomic E-state index is 13.7. The van der Waals surface area contributed by atoms with E-state index >= 15 is 0 Å². The summed E-state index contributed by atoms with van der Waals surface area (Å²) in [5.41, 5.74) is 4.92. The van der Waals surface area contributed by atoms with Crippen molar-refractivity contribution in [2.75, 3.05) is 13.7 Å². The van der Waals surface area contributed by atoms with Crippen LogP contribution in [-0.2, 0) is 10.0 Å². The maximum atomic E-state index is 13.7. The van der Waals surface area contributed by atoms with Crippen LogP contribution >= 0.6 is 12.4 Å². The smallest absolute Gasteiger partial charge is 0.241 e. The Morgan fingerprint density at radius 1 is 1.41 bits per heavy atom. The molecule has 1 aromatic rings. The van der Waals surface area contributed by atoms with Gasteiger partial charge in [-0.05, 0) is 37.5 Å². The van der Waals surface area contributed by atoms with E-state index in [4.69, 9.17) is 10.5 Å². The number of ether oxygens (including phenoxy) is 1. The Bertz CT molecular complexity index is 596. The number of sulfonamides is 1. The summed E-state index contributed by atoms with van der Waals surface area (Å²) >= 11 is 0. The second-order valence-electron chi connectivity index (χ2n) is 5.76. The molecule has 0 amide bonds. The zero-order valence-electron chi connectivity index (χ0n) is 13.2. The molecule has 0 radical (unpaired) electrons. The SMILES string of the molecule is COc1ccc(S(=O)(=O)NC(C)(CN)CC(C)C)cc1F.Cl. The Kier molecular flexibility index (Phi) is 7.77. The van der Waals surface area contributed by atoms with Crippen molar-refractivity contribution >= 4 is 22.4 Å². The molecule has 22 heavy (non-hydrogen) atoms. The minimum absolute atomic E-state index is 0. The van der Waals surface area contributed by atoms with Crippen LogP contribution in [0.25, 0.3) is 0 Å². The fourth-order valence-corrected chi connectivity index (χ4v) is 3.70. The van der Waals surface area contributed by atoms with Gasteiger partial charge in [0.2, 0.25) is 10.0 Å². The molecule has 5 nitrogen and oxygen atoms in total. The molecule has 1 unspecified atom stereocenters. The van der Waals surface area contributed by atoms with Gasteiger partial charge in [0.15, 0.2) is 11.6 Å². The first-order chi connectivity index (χ1) is 9.63. The minimum Gasteiger partial charge on any atom is -0.494 e. The number of halogens is 2. The molecular weight excluding hydrogens is 331 g/mol. The van der Waals surface area contributed by atoms with Gasteiger partial charge in [0.25, 0.3) is 0 Å². The van der Waals surface area contributed by atoms with Crippen molar-refractivity contribution in [3.8, 4) is 5.75 Å². The van der Waals surface area contributed by atoms with Gasteiger partial charge in [-0.25, -0.2) is 17.5 Å². The van der Waals surface area contributed by atoms with Gasteiger partial charge in [-0.2, -0.15) is 0 Å². The van der Waals surface area contributed by atoms with Crippen molar-refractivity contribution in [3.63, 3.8) is 0 Å². The third kappa shape index (κ3) is 5.39. The first-order valence-electron chi connectivity index (χ1n) is 6.71. The Morgan fingerprint density at radius 2 is 2.00 bits per heavy atom. The average Bonchev–Trinajstić information content (AvgIpc) is 2.37. The van der Waals surface area contributed by atoms with Crippen LogP contribution in [0.15, 0.2) is 23.1 Å². The van der Waals surface area contributed by atoms with E-state index in [0.717, 1.165) is 6.07 Å². The average molecular weight is 355 g/mol. The molecule has 0 aliphatic carbocycles. The van der Waals surface area contributed by atoms with Gasteiger partial charge >= 0.3 is 0 Å². The van der Waals surface area contributed by atoms with Crippen molar-refractivity contribution in [3.05, 3.63) is 24.0 Å². The maximum Gasteiger partial charge on any atom is 0.241 e. The molecule has 0 fully saturated rings.